The highest BCUT2D eigenvalue weighted by Gasteiger charge is 2.55. The Bertz CT molecular complexity index is 1520. The van der Waals surface area contributed by atoms with Crippen LogP contribution >= 0.6 is 0 Å². The molecule has 0 atom stereocenters. The fourth-order valence-electron chi connectivity index (χ4n) is 5.54. The number of nitro benzene ring substituents is 1. The van der Waals surface area contributed by atoms with E-state index in [0.29, 0.717) is 6.54 Å². The minimum Gasteiger partial charge on any atom is -0.340 e. The predicted molar refractivity (Wildman–Crippen MR) is 152 cm³/mol. The minimum absolute atomic E-state index is 0.0367. The Hall–Kier alpha value is -4.29. The molecule has 3 aromatic carbocycles. The lowest BCUT2D eigenvalue weighted by Gasteiger charge is -2.42. The molecule has 0 N–H and O–H groups in total. The fraction of sp³-hybridized carbons (Fsp3) is 0.310. The molecule has 1 spiro atoms. The molecule has 2 aliphatic rings. The summed E-state index contributed by atoms with van der Waals surface area (Å²) in [5.41, 5.74) is 0.613. The number of piperidine rings is 1. The first-order valence-corrected chi connectivity index (χ1v) is 14.7. The van der Waals surface area contributed by atoms with Gasteiger partial charge in [0.05, 0.1) is 16.5 Å². The number of non-ortho nitro benzene ring substituents is 1. The van der Waals surface area contributed by atoms with Crippen molar-refractivity contribution in [3.63, 3.8) is 0 Å². The number of likely N-dealkylation sites (N-methyl/N-ethyl adjacent to an activating group) is 1. The fourth-order valence-corrected chi connectivity index (χ4v) is 6.98. The van der Waals surface area contributed by atoms with E-state index in [1.807, 2.05) is 65.6 Å². The average molecular weight is 578 g/mol. The highest BCUT2D eigenvalue weighted by molar-refractivity contribution is 7.89. The SMILES string of the molecule is CN(Cc1ccccc1)C(=O)CN1CN(c2ccccc2)C2(CCN(S(=O)(=O)c3ccc([N+](=O)[O-])cc3)CC2)C1=O. The van der Waals surface area contributed by atoms with Crippen molar-refractivity contribution in [2.24, 2.45) is 0 Å². The van der Waals surface area contributed by atoms with Crippen LogP contribution in [0.25, 0.3) is 0 Å². The van der Waals surface area contributed by atoms with E-state index in [4.69, 9.17) is 0 Å². The second-order valence-electron chi connectivity index (χ2n) is 10.3. The Morgan fingerprint density at radius 2 is 1.54 bits per heavy atom. The number of carbonyl (C=O) groups is 2. The third-order valence-corrected chi connectivity index (χ3v) is 9.74. The van der Waals surface area contributed by atoms with Gasteiger partial charge in [0.2, 0.25) is 21.8 Å². The largest absolute Gasteiger partial charge is 0.340 e. The summed E-state index contributed by atoms with van der Waals surface area (Å²) in [6.45, 7) is 0.722. The molecule has 2 aliphatic heterocycles. The average Bonchev–Trinajstić information content (AvgIpc) is 3.24. The molecular formula is C29H31N5O6S. The number of nitro groups is 1. The minimum atomic E-state index is -3.92. The first kappa shape index (κ1) is 28.2. The summed E-state index contributed by atoms with van der Waals surface area (Å²) in [5.74, 6) is -0.388. The number of amides is 2. The second kappa shape index (κ2) is 11.3. The number of carbonyl (C=O) groups excluding carboxylic acids is 2. The Morgan fingerprint density at radius 1 is 0.951 bits per heavy atom. The van der Waals surface area contributed by atoms with Crippen LogP contribution in [-0.2, 0) is 26.2 Å². The molecule has 2 fully saturated rings. The molecule has 0 saturated carbocycles. The lowest BCUT2D eigenvalue weighted by atomic mass is 9.86. The van der Waals surface area contributed by atoms with Crippen molar-refractivity contribution in [3.05, 3.63) is 101 Å². The van der Waals surface area contributed by atoms with Crippen molar-refractivity contribution in [1.29, 1.82) is 0 Å². The van der Waals surface area contributed by atoms with Crippen LogP contribution in [0, 0.1) is 10.1 Å². The Balaban J connectivity index is 1.34. The van der Waals surface area contributed by atoms with Crippen LogP contribution in [0.2, 0.25) is 0 Å². The standard InChI is InChI=1S/C29H31N5O6S/c1-30(20-23-8-4-2-5-9-23)27(35)21-31-22-33(24-10-6-3-7-11-24)29(28(31)36)16-18-32(19-17-29)41(39,40)26-14-12-25(13-15-26)34(37)38/h2-15H,16-22H2,1H3. The molecule has 0 aliphatic carbocycles. The summed E-state index contributed by atoms with van der Waals surface area (Å²) in [7, 11) is -2.21. The van der Waals surface area contributed by atoms with Crippen molar-refractivity contribution in [2.75, 3.05) is 38.3 Å². The van der Waals surface area contributed by atoms with Gasteiger partial charge in [-0.05, 0) is 42.7 Å². The number of hydrogen-bond donors (Lipinski definition) is 0. The van der Waals surface area contributed by atoms with Crippen LogP contribution in [0.3, 0.4) is 0 Å². The summed E-state index contributed by atoms with van der Waals surface area (Å²) in [6, 6.07) is 23.9. The molecule has 11 nitrogen and oxygen atoms in total. The van der Waals surface area contributed by atoms with E-state index in [2.05, 4.69) is 0 Å². The zero-order valence-corrected chi connectivity index (χ0v) is 23.4. The van der Waals surface area contributed by atoms with Crippen LogP contribution in [0.5, 0.6) is 0 Å². The molecule has 5 rings (SSSR count). The highest BCUT2D eigenvalue weighted by Crippen LogP contribution is 2.40. The van der Waals surface area contributed by atoms with E-state index in [1.165, 1.54) is 28.6 Å². The summed E-state index contributed by atoms with van der Waals surface area (Å²) >= 11 is 0. The zero-order chi connectivity index (χ0) is 29.2. The van der Waals surface area contributed by atoms with Crippen LogP contribution in [0.15, 0.2) is 89.8 Å². The second-order valence-corrected chi connectivity index (χ2v) is 12.3. The third kappa shape index (κ3) is 5.52. The molecule has 41 heavy (non-hydrogen) atoms. The van der Waals surface area contributed by atoms with Crippen LogP contribution in [0.4, 0.5) is 11.4 Å². The van der Waals surface area contributed by atoms with Gasteiger partial charge in [0.15, 0.2) is 0 Å². The number of rotatable bonds is 8. The molecular weight excluding hydrogens is 546 g/mol. The summed E-state index contributed by atoms with van der Waals surface area (Å²) < 4.78 is 28.0. The molecule has 214 valence electrons. The van der Waals surface area contributed by atoms with Gasteiger partial charge in [0.1, 0.15) is 12.1 Å². The molecule has 2 saturated heterocycles. The maximum Gasteiger partial charge on any atom is 0.269 e. The van der Waals surface area contributed by atoms with Gasteiger partial charge in [-0.15, -0.1) is 0 Å². The number of nitrogens with zero attached hydrogens (tertiary/aromatic N) is 5. The smallest absolute Gasteiger partial charge is 0.269 e. The predicted octanol–water partition coefficient (Wildman–Crippen LogP) is 3.08. The highest BCUT2D eigenvalue weighted by atomic mass is 32.2. The maximum atomic E-state index is 14.0. The Kier molecular flexibility index (Phi) is 7.78. The maximum absolute atomic E-state index is 14.0. The van der Waals surface area contributed by atoms with Gasteiger partial charge in [0, 0.05) is 44.5 Å². The molecule has 12 heteroatoms. The van der Waals surface area contributed by atoms with Gasteiger partial charge in [0.25, 0.3) is 5.69 Å². The van der Waals surface area contributed by atoms with Crippen molar-refractivity contribution in [3.8, 4) is 0 Å². The molecule has 0 unspecified atom stereocenters. The van der Waals surface area contributed by atoms with Gasteiger partial charge < -0.3 is 14.7 Å². The summed E-state index contributed by atoms with van der Waals surface area (Å²) in [5, 5.41) is 11.0. The first-order chi connectivity index (χ1) is 19.6. The van der Waals surface area contributed by atoms with Crippen molar-refractivity contribution >= 4 is 33.2 Å². The van der Waals surface area contributed by atoms with Crippen molar-refractivity contribution in [1.82, 2.24) is 14.1 Å². The number of benzene rings is 3. The van der Waals surface area contributed by atoms with Crippen LogP contribution in [-0.4, -0.2) is 78.2 Å². The van der Waals surface area contributed by atoms with E-state index in [9.17, 15) is 28.1 Å². The molecule has 2 heterocycles. The molecule has 0 radical (unpaired) electrons. The zero-order valence-electron chi connectivity index (χ0n) is 22.6. The normalized spacial score (nSPS) is 17.1. The quantitative estimate of drug-likeness (QED) is 0.298. The molecule has 0 aromatic heterocycles. The van der Waals surface area contributed by atoms with E-state index >= 15 is 0 Å². The van der Waals surface area contributed by atoms with E-state index < -0.39 is 20.5 Å². The first-order valence-electron chi connectivity index (χ1n) is 13.3. The number of hydrogen-bond acceptors (Lipinski definition) is 7. The van der Waals surface area contributed by atoms with Crippen molar-refractivity contribution < 1.29 is 22.9 Å². The lowest BCUT2D eigenvalue weighted by Crippen LogP contribution is -2.57. The lowest BCUT2D eigenvalue weighted by molar-refractivity contribution is -0.384. The summed E-state index contributed by atoms with van der Waals surface area (Å²) in [6.07, 6.45) is 0.467. The number of sulfonamides is 1. The van der Waals surface area contributed by atoms with E-state index in [-0.39, 0.29) is 61.5 Å². The van der Waals surface area contributed by atoms with Gasteiger partial charge in [-0.1, -0.05) is 48.5 Å². The van der Waals surface area contributed by atoms with Crippen LogP contribution in [0.1, 0.15) is 18.4 Å². The Morgan fingerprint density at radius 3 is 2.12 bits per heavy atom. The topological polar surface area (TPSA) is 124 Å². The van der Waals surface area contributed by atoms with Gasteiger partial charge in [-0.2, -0.15) is 4.31 Å². The number of para-hydroxylation sites is 1. The molecule has 0 bridgehead atoms. The molecule has 3 aromatic rings. The van der Waals surface area contributed by atoms with Gasteiger partial charge in [-0.3, -0.25) is 19.7 Å². The van der Waals surface area contributed by atoms with Crippen LogP contribution < -0.4 is 4.90 Å². The summed E-state index contributed by atoms with van der Waals surface area (Å²) in [4.78, 5) is 42.6. The third-order valence-electron chi connectivity index (χ3n) is 7.83. The monoisotopic (exact) mass is 577 g/mol. The van der Waals surface area contributed by atoms with E-state index in [1.54, 1.807) is 16.8 Å². The number of anilines is 1. The molecule has 2 amide bonds. The van der Waals surface area contributed by atoms with Gasteiger partial charge in [-0.25, -0.2) is 8.42 Å². The van der Waals surface area contributed by atoms with Crippen molar-refractivity contribution in [2.45, 2.75) is 29.8 Å². The van der Waals surface area contributed by atoms with Gasteiger partial charge >= 0.3 is 0 Å². The van der Waals surface area contributed by atoms with E-state index in [0.717, 1.165) is 11.3 Å². The Labute approximate surface area is 238 Å².